The number of methoxy groups -OCH3 is 2. The average Bonchev–Trinajstić information content (AvgIpc) is 2.72. The molecule has 0 radical (unpaired) electrons. The largest absolute Gasteiger partial charge is 0.493 e. The minimum Gasteiger partial charge on any atom is -0.493 e. The monoisotopic (exact) mass is 406 g/mol. The van der Waals surface area contributed by atoms with Gasteiger partial charge in [0.2, 0.25) is 0 Å². The fourth-order valence-electron chi connectivity index (χ4n) is 3.35. The molecule has 0 spiro atoms. The number of nitrogens with one attached hydrogen (secondary N) is 1. The third kappa shape index (κ3) is 4.88. The van der Waals surface area contributed by atoms with Gasteiger partial charge in [-0.25, -0.2) is 4.79 Å². The van der Waals surface area contributed by atoms with E-state index in [1.807, 2.05) is 19.1 Å². The lowest BCUT2D eigenvalue weighted by Crippen LogP contribution is -2.43. The van der Waals surface area contributed by atoms with Crippen LogP contribution < -0.4 is 19.5 Å². The smallest absolute Gasteiger partial charge is 0.387 e. The van der Waals surface area contributed by atoms with Crippen molar-refractivity contribution in [3.05, 3.63) is 53.1 Å². The van der Waals surface area contributed by atoms with E-state index in [1.54, 1.807) is 31.3 Å². The van der Waals surface area contributed by atoms with Crippen LogP contribution in [-0.2, 0) is 13.0 Å². The number of amides is 2. The molecule has 29 heavy (non-hydrogen) atoms. The summed E-state index contributed by atoms with van der Waals surface area (Å²) < 4.78 is 39.5. The number of urea groups is 1. The molecule has 1 N–H and O–H groups in total. The number of alkyl halides is 2. The van der Waals surface area contributed by atoms with Gasteiger partial charge in [-0.1, -0.05) is 12.1 Å². The van der Waals surface area contributed by atoms with E-state index in [9.17, 15) is 13.6 Å². The topological polar surface area (TPSA) is 60.0 Å². The summed E-state index contributed by atoms with van der Waals surface area (Å²) in [5.41, 5.74) is 2.95. The second-order valence-electron chi connectivity index (χ2n) is 6.77. The Morgan fingerprint density at radius 1 is 1.07 bits per heavy atom. The number of hydrogen-bond donors (Lipinski definition) is 1. The highest BCUT2D eigenvalue weighted by Crippen LogP contribution is 2.33. The molecule has 156 valence electrons. The maximum Gasteiger partial charge on any atom is 0.387 e. The summed E-state index contributed by atoms with van der Waals surface area (Å²) in [5.74, 6) is 1.39. The Kier molecular flexibility index (Phi) is 6.41. The zero-order chi connectivity index (χ0) is 21.0. The lowest BCUT2D eigenvalue weighted by Gasteiger charge is -2.31. The van der Waals surface area contributed by atoms with Crippen LogP contribution in [-0.4, -0.2) is 38.3 Å². The standard InChI is InChI=1S/C21H24F2N2O4/c1-13(14-4-6-17(7-5-14)29-20(22)23)24-21(26)25-9-8-15-10-18(27-2)19(28-3)11-16(15)12-25/h4-7,10-11,13,20H,8-9,12H2,1-3H3,(H,24,26). The van der Waals surface area contributed by atoms with Crippen LogP contribution in [0.5, 0.6) is 17.2 Å². The van der Waals surface area contributed by atoms with Gasteiger partial charge in [0.1, 0.15) is 5.75 Å². The Hall–Kier alpha value is -3.03. The zero-order valence-electron chi connectivity index (χ0n) is 16.6. The van der Waals surface area contributed by atoms with Gasteiger partial charge in [-0.2, -0.15) is 8.78 Å². The van der Waals surface area contributed by atoms with Crippen LogP contribution in [0.4, 0.5) is 13.6 Å². The van der Waals surface area contributed by atoms with Gasteiger partial charge in [-0.15, -0.1) is 0 Å². The Morgan fingerprint density at radius 3 is 2.28 bits per heavy atom. The maximum atomic E-state index is 12.7. The minimum absolute atomic E-state index is 0.0827. The van der Waals surface area contributed by atoms with Gasteiger partial charge in [0, 0.05) is 13.1 Å². The van der Waals surface area contributed by atoms with E-state index in [4.69, 9.17) is 9.47 Å². The summed E-state index contributed by atoms with van der Waals surface area (Å²) in [6.45, 7) is 0.0307. The summed E-state index contributed by atoms with van der Waals surface area (Å²) in [6.07, 6.45) is 0.719. The highest BCUT2D eigenvalue weighted by molar-refractivity contribution is 5.75. The van der Waals surface area contributed by atoms with Gasteiger partial charge in [0.05, 0.1) is 20.3 Å². The van der Waals surface area contributed by atoms with Gasteiger partial charge in [0.25, 0.3) is 0 Å². The molecular weight excluding hydrogens is 382 g/mol. The van der Waals surface area contributed by atoms with E-state index >= 15 is 0 Å². The Morgan fingerprint density at radius 2 is 1.69 bits per heavy atom. The molecule has 1 unspecified atom stereocenters. The van der Waals surface area contributed by atoms with Crippen LogP contribution in [0.15, 0.2) is 36.4 Å². The van der Waals surface area contributed by atoms with Crippen molar-refractivity contribution in [1.82, 2.24) is 10.2 Å². The number of carbonyl (C=O) groups is 1. The van der Waals surface area contributed by atoms with Crippen molar-refractivity contribution in [3.63, 3.8) is 0 Å². The van der Waals surface area contributed by atoms with Gasteiger partial charge < -0.3 is 24.4 Å². The van der Waals surface area contributed by atoms with Crippen LogP contribution in [0.1, 0.15) is 29.7 Å². The molecule has 2 aromatic rings. The maximum absolute atomic E-state index is 12.7. The van der Waals surface area contributed by atoms with Crippen LogP contribution in [0.25, 0.3) is 0 Å². The van der Waals surface area contributed by atoms with Crippen LogP contribution in [0.2, 0.25) is 0 Å². The molecule has 0 fully saturated rings. The first-order chi connectivity index (χ1) is 13.9. The molecule has 0 aromatic heterocycles. The van der Waals surface area contributed by atoms with E-state index in [2.05, 4.69) is 10.1 Å². The average molecular weight is 406 g/mol. The minimum atomic E-state index is -2.86. The normalized spacial score (nSPS) is 14.2. The fraction of sp³-hybridized carbons (Fsp3) is 0.381. The van der Waals surface area contributed by atoms with Crippen molar-refractivity contribution in [2.24, 2.45) is 0 Å². The number of fused-ring (bicyclic) bond motifs is 1. The second-order valence-corrected chi connectivity index (χ2v) is 6.77. The van der Waals surface area contributed by atoms with Crippen molar-refractivity contribution >= 4 is 6.03 Å². The van der Waals surface area contributed by atoms with Gasteiger partial charge in [0.15, 0.2) is 11.5 Å². The molecule has 0 saturated carbocycles. The quantitative estimate of drug-likeness (QED) is 0.784. The van der Waals surface area contributed by atoms with Crippen LogP contribution in [0.3, 0.4) is 0 Å². The van der Waals surface area contributed by atoms with E-state index < -0.39 is 6.61 Å². The SMILES string of the molecule is COc1cc2c(cc1OC)CN(C(=O)NC(C)c1ccc(OC(F)F)cc1)CC2. The number of halogens is 2. The number of rotatable bonds is 6. The number of ether oxygens (including phenoxy) is 3. The molecule has 1 atom stereocenters. The van der Waals surface area contributed by atoms with Crippen molar-refractivity contribution in [1.29, 1.82) is 0 Å². The van der Waals surface area contributed by atoms with Gasteiger partial charge >= 0.3 is 12.6 Å². The molecule has 1 aliphatic rings. The van der Waals surface area contributed by atoms with Crippen molar-refractivity contribution in [3.8, 4) is 17.2 Å². The summed E-state index contributed by atoms with van der Waals surface area (Å²) in [5, 5.41) is 2.95. The fourth-order valence-corrected chi connectivity index (χ4v) is 3.35. The molecule has 2 amide bonds. The van der Waals surface area contributed by atoms with Crippen LogP contribution in [0, 0.1) is 0 Å². The molecule has 1 aliphatic heterocycles. The van der Waals surface area contributed by atoms with E-state index in [-0.39, 0.29) is 17.8 Å². The Bertz CT molecular complexity index is 859. The second kappa shape index (κ2) is 8.98. The molecular formula is C21H24F2N2O4. The first-order valence-corrected chi connectivity index (χ1v) is 9.25. The third-order valence-electron chi connectivity index (χ3n) is 4.95. The molecule has 0 saturated heterocycles. The lowest BCUT2D eigenvalue weighted by molar-refractivity contribution is -0.0498. The molecule has 1 heterocycles. The van der Waals surface area contributed by atoms with Gasteiger partial charge in [-0.05, 0) is 54.3 Å². The zero-order valence-corrected chi connectivity index (χ0v) is 16.6. The summed E-state index contributed by atoms with van der Waals surface area (Å²) in [6, 6.07) is 9.62. The molecule has 0 aliphatic carbocycles. The van der Waals surface area contributed by atoms with Crippen molar-refractivity contribution < 1.29 is 27.8 Å². The van der Waals surface area contributed by atoms with E-state index in [1.165, 1.54) is 12.1 Å². The molecule has 8 heteroatoms. The number of nitrogens with zero attached hydrogens (tertiary/aromatic N) is 1. The molecule has 2 aromatic carbocycles. The summed E-state index contributed by atoms with van der Waals surface area (Å²) >= 11 is 0. The predicted octanol–water partition coefficient (Wildman–Crippen LogP) is 4.13. The number of carbonyl (C=O) groups excluding carboxylic acids is 1. The summed E-state index contributed by atoms with van der Waals surface area (Å²) in [4.78, 5) is 14.5. The van der Waals surface area contributed by atoms with Crippen molar-refractivity contribution in [2.75, 3.05) is 20.8 Å². The Balaban J connectivity index is 1.64. The highest BCUT2D eigenvalue weighted by atomic mass is 19.3. The predicted molar refractivity (Wildman–Crippen MR) is 104 cm³/mol. The number of hydrogen-bond acceptors (Lipinski definition) is 4. The van der Waals surface area contributed by atoms with Crippen LogP contribution >= 0.6 is 0 Å². The first kappa shape index (κ1) is 20.7. The first-order valence-electron chi connectivity index (χ1n) is 9.25. The van der Waals surface area contributed by atoms with E-state index in [0.29, 0.717) is 24.6 Å². The highest BCUT2D eigenvalue weighted by Gasteiger charge is 2.24. The third-order valence-corrected chi connectivity index (χ3v) is 4.95. The Labute approximate surface area is 168 Å². The molecule has 3 rings (SSSR count). The lowest BCUT2D eigenvalue weighted by atomic mass is 9.99. The van der Waals surface area contributed by atoms with Gasteiger partial charge in [-0.3, -0.25) is 0 Å². The van der Waals surface area contributed by atoms with Crippen molar-refractivity contribution in [2.45, 2.75) is 32.5 Å². The molecule has 6 nitrogen and oxygen atoms in total. The molecule has 0 bridgehead atoms. The summed E-state index contributed by atoms with van der Waals surface area (Å²) in [7, 11) is 3.18. The van der Waals surface area contributed by atoms with E-state index in [0.717, 1.165) is 23.1 Å². The number of benzene rings is 2.